The molecule has 10 aromatic rings. The largest absolute Gasteiger partial charge is 0.493 e. The number of benzene rings is 6. The van der Waals surface area contributed by atoms with Crippen LogP contribution < -0.4 is 48.6 Å². The molecule has 0 aliphatic carbocycles. The van der Waals surface area contributed by atoms with Crippen molar-refractivity contribution in [2.75, 3.05) is 120 Å². The highest BCUT2D eigenvalue weighted by Gasteiger charge is 2.33. The number of hydrogen-bond donors (Lipinski definition) is 4. The number of piperazine rings is 2. The molecule has 33 heteroatoms. The number of ether oxygens (including phenoxy) is 2. The van der Waals surface area contributed by atoms with E-state index in [4.69, 9.17) is 21.1 Å². The Labute approximate surface area is 643 Å². The first-order valence-corrected chi connectivity index (χ1v) is 40.6. The van der Waals surface area contributed by atoms with Crippen LogP contribution in [0.1, 0.15) is 57.4 Å². The van der Waals surface area contributed by atoms with Crippen molar-refractivity contribution in [2.24, 2.45) is 5.92 Å². The lowest BCUT2D eigenvalue weighted by Crippen LogP contribution is -2.55. The average Bonchev–Trinajstić information content (AvgIpc) is 1.66. The first kappa shape index (κ1) is 77.0. The summed E-state index contributed by atoms with van der Waals surface area (Å²) in [6, 6.07) is 44.4. The molecule has 108 heavy (non-hydrogen) atoms. The lowest BCUT2D eigenvalue weighted by atomic mass is 9.95. The summed E-state index contributed by atoms with van der Waals surface area (Å²) in [7, 11) is -8.09. The molecule has 0 radical (unpaired) electrons. The first-order valence-electron chi connectivity index (χ1n) is 35.0. The topological polar surface area (TPSA) is 309 Å². The molecule has 2 atom stereocenters. The summed E-state index contributed by atoms with van der Waals surface area (Å²) < 4.78 is 113. The average molecular weight is 1580 g/mol. The first-order chi connectivity index (χ1) is 52.0. The molecule has 3 saturated heterocycles. The third-order valence-corrected chi connectivity index (χ3v) is 24.4. The number of nitrogens with zero attached hydrogens (tertiary/aromatic N) is 12. The van der Waals surface area contributed by atoms with Crippen molar-refractivity contribution < 1.29 is 60.6 Å². The van der Waals surface area contributed by atoms with Gasteiger partial charge >= 0.3 is 0 Å². The van der Waals surface area contributed by atoms with E-state index in [2.05, 4.69) is 63.4 Å². The van der Waals surface area contributed by atoms with Crippen molar-refractivity contribution in [1.29, 1.82) is 0 Å². The summed E-state index contributed by atoms with van der Waals surface area (Å²) in [5, 5.41) is 4.30. The van der Waals surface area contributed by atoms with Gasteiger partial charge in [0.25, 0.3) is 30.1 Å². The van der Waals surface area contributed by atoms with Gasteiger partial charge in [0.2, 0.25) is 22.9 Å². The van der Waals surface area contributed by atoms with Crippen LogP contribution in [0.4, 0.5) is 43.8 Å². The summed E-state index contributed by atoms with van der Waals surface area (Å²) in [5.41, 5.74) is 6.81. The highest BCUT2D eigenvalue weighted by Crippen LogP contribution is 2.36. The van der Waals surface area contributed by atoms with Crippen LogP contribution >= 0.6 is 23.1 Å². The molecule has 6 aromatic carbocycles. The molecule has 3 fully saturated rings. The van der Waals surface area contributed by atoms with Crippen molar-refractivity contribution in [3.63, 3.8) is 0 Å². The fraction of sp³-hybridized carbons (Fsp3) is 0.307. The quantitative estimate of drug-likeness (QED) is 0.0486. The molecule has 14 rings (SSSR count). The van der Waals surface area contributed by atoms with Gasteiger partial charge in [0.05, 0.1) is 40.1 Å². The zero-order chi connectivity index (χ0) is 76.1. The number of piperidine rings is 1. The number of fused-ring (bicyclic) bond motifs is 2. The van der Waals surface area contributed by atoms with Crippen LogP contribution in [-0.4, -0.2) is 174 Å². The van der Waals surface area contributed by atoms with Gasteiger partial charge in [-0.15, -0.1) is 0 Å². The van der Waals surface area contributed by atoms with E-state index in [1.54, 1.807) is 111 Å². The maximum atomic E-state index is 13.7. The monoisotopic (exact) mass is 1570 g/mol. The second-order valence-corrected chi connectivity index (χ2v) is 32.2. The number of anilines is 7. The number of aromatic nitrogens is 6. The van der Waals surface area contributed by atoms with E-state index in [0.717, 1.165) is 102 Å². The molecular formula is C75H92ClFN16O11S4. The van der Waals surface area contributed by atoms with Gasteiger partial charge in [-0.3, -0.25) is 28.5 Å². The molecule has 0 bridgehead atoms. The zero-order valence-electron chi connectivity index (χ0n) is 59.7. The highest BCUT2D eigenvalue weighted by molar-refractivity contribution is 7.93. The molecule has 4 N–H and O–H groups in total. The maximum absolute atomic E-state index is 13.7. The molecule has 576 valence electrons. The number of carbonyl (C=O) groups excluding carboxylic acids is 3. The Morgan fingerprint density at radius 1 is 0.593 bits per heavy atom. The lowest BCUT2D eigenvalue weighted by Gasteiger charge is -2.41. The third kappa shape index (κ3) is 18.6. The highest BCUT2D eigenvalue weighted by atomic mass is 35.5. The third-order valence-electron chi connectivity index (χ3n) is 19.3. The maximum Gasteiger partial charge on any atom is 0.263 e. The molecule has 0 spiro atoms. The second kappa shape index (κ2) is 34.5. The van der Waals surface area contributed by atoms with Crippen molar-refractivity contribution in [3.05, 3.63) is 211 Å². The van der Waals surface area contributed by atoms with E-state index >= 15 is 0 Å². The minimum absolute atomic E-state index is 0. The predicted molar refractivity (Wildman–Crippen MR) is 426 cm³/mol. The molecule has 8 heterocycles. The smallest absolute Gasteiger partial charge is 0.263 e. The van der Waals surface area contributed by atoms with Crippen LogP contribution in [0.3, 0.4) is 0 Å². The molecule has 1 unspecified atom stereocenters. The van der Waals surface area contributed by atoms with Gasteiger partial charge in [0.15, 0.2) is 16.7 Å². The Hall–Kier alpha value is -10.7. The van der Waals surface area contributed by atoms with E-state index in [0.29, 0.717) is 70.4 Å². The van der Waals surface area contributed by atoms with Crippen LogP contribution in [0.5, 0.6) is 11.5 Å². The molecule has 27 nitrogen and oxygen atoms in total. The van der Waals surface area contributed by atoms with Crippen LogP contribution in [0.15, 0.2) is 204 Å². The summed E-state index contributed by atoms with van der Waals surface area (Å²) in [6.07, 6.45) is 10.7. The van der Waals surface area contributed by atoms with Crippen LogP contribution in [0, 0.1) is 11.7 Å². The normalized spacial score (nSPS) is 15.5. The van der Waals surface area contributed by atoms with Crippen molar-refractivity contribution in [2.45, 2.75) is 72.8 Å². The second-order valence-electron chi connectivity index (χ2n) is 26.0. The van der Waals surface area contributed by atoms with Gasteiger partial charge in [-0.25, -0.2) is 49.6 Å². The SMILES string of the molecule is COc1cc2ccn(C(C)C(=O)N3CCN(c4ccc(S(=O)(=O)Nc5ccncn5)cc4)CC3)c2cc1OC.C[C@H](C(=O)N1CCN(c2ccc(S(=O)(=O)Nc3cccnc3Cl)cc2)CC1)N1CCCc2cc(F)ccc21.O=C(NCc1ccccc1)C1CCN(c2ccc(S(=O)(=O)Nc3ncns3)cc2)CC1.[HH].[HH].[HH].[HH].[HH]. The Bertz CT molecular complexity index is 5130. The summed E-state index contributed by atoms with van der Waals surface area (Å²) >= 11 is 6.96. The summed E-state index contributed by atoms with van der Waals surface area (Å²) in [5.74, 6) is 1.40. The Morgan fingerprint density at radius 2 is 1.16 bits per heavy atom. The molecule has 4 aromatic heterocycles. The van der Waals surface area contributed by atoms with Crippen molar-refractivity contribution in [1.82, 2.24) is 44.0 Å². The molecule has 4 aliphatic heterocycles. The van der Waals surface area contributed by atoms with Gasteiger partial charge in [-0.05, 0) is 172 Å². The molecule has 4 aliphatic rings. The van der Waals surface area contributed by atoms with E-state index < -0.39 is 30.1 Å². The van der Waals surface area contributed by atoms with Gasteiger partial charge < -0.3 is 48.8 Å². The lowest BCUT2D eigenvalue weighted by molar-refractivity contribution is -0.134. The number of carbonyl (C=O) groups is 3. The van der Waals surface area contributed by atoms with Crippen molar-refractivity contribution in [3.8, 4) is 11.5 Å². The number of halogens is 2. The fourth-order valence-electron chi connectivity index (χ4n) is 13.4. The van der Waals surface area contributed by atoms with Crippen LogP contribution in [0.2, 0.25) is 5.15 Å². The van der Waals surface area contributed by atoms with Crippen molar-refractivity contribution >= 4 is 121 Å². The number of hydrogen-bond acceptors (Lipinski definition) is 21. The number of methoxy groups -OCH3 is 2. The number of nitrogens with one attached hydrogen (secondary N) is 4. The van der Waals surface area contributed by atoms with E-state index in [1.807, 2.05) is 82.9 Å². The standard InChI is InChI=1S/C27H29ClFN5O3S.C27H30N6O5S.C21H23N5O3S2.5H2/c1-19(34-13-3-4-20-18-21(29)6-11-25(20)34)27(35)33-16-14-32(15-17-33)22-7-9-23(10-8-22)38(36,37)31-24-5-2-12-30-26(24)28;1-19(33-11-9-20-16-24(37-2)25(38-3)17-23(20)33)27(34)32-14-12-31(13-15-32)21-4-6-22(7-5-21)39(35,36)30-26-8-10-28-18-29-26;27-20(22-14-16-4-2-1-3-5-16)17-10-12-26(13-11-17)18-6-8-19(9-7-18)31(28,29)25-21-23-15-24-30-21;;;;;/h2,5-12,18-19,31H,3-4,13-17H2,1H3;4-11,16-19H,12-15H2,1-3H3,(H,28,29,30);1-9,15,17H,10-14H2,(H,22,27)(H,23,24,25);5*1H/t19-;;;;;;;/m1......./s1. The van der Waals surface area contributed by atoms with E-state index in [9.17, 15) is 44.0 Å². The van der Waals surface area contributed by atoms with Crippen LogP contribution in [-0.2, 0) is 57.4 Å². The summed E-state index contributed by atoms with van der Waals surface area (Å²) in [6.45, 7) is 11.4. The van der Waals surface area contributed by atoms with Gasteiger partial charge in [-0.2, -0.15) is 4.37 Å². The molecular weight excluding hydrogens is 1480 g/mol. The van der Waals surface area contributed by atoms with Gasteiger partial charge in [0.1, 0.15) is 36.4 Å². The summed E-state index contributed by atoms with van der Waals surface area (Å²) in [4.78, 5) is 67.4. The minimum Gasteiger partial charge on any atom is -0.493 e. The fourth-order valence-corrected chi connectivity index (χ4v) is 17.4. The number of amides is 3. The van der Waals surface area contributed by atoms with Gasteiger partial charge in [0, 0.05) is 156 Å². The van der Waals surface area contributed by atoms with E-state index in [1.165, 1.54) is 37.2 Å². The number of aryl methyl sites for hydroxylation is 1. The van der Waals surface area contributed by atoms with E-state index in [-0.39, 0.29) is 85.1 Å². The Balaban J connectivity index is 0.000000231. The number of sulfonamides is 3. The van der Waals surface area contributed by atoms with Gasteiger partial charge in [-0.1, -0.05) is 41.9 Å². The number of rotatable bonds is 21. The minimum atomic E-state index is -3.82. The number of pyridine rings is 1. The Kier molecular flexibility index (Phi) is 24.6. The molecule has 3 amide bonds. The predicted octanol–water partition coefficient (Wildman–Crippen LogP) is 11.4. The zero-order valence-corrected chi connectivity index (χ0v) is 63.7. The molecule has 0 saturated carbocycles. The van der Waals surface area contributed by atoms with Crippen LogP contribution in [0.25, 0.3) is 10.9 Å². The Morgan fingerprint density at radius 3 is 1.71 bits per heavy atom.